The number of aromatic amines is 1. The molecule has 23 heavy (non-hydrogen) atoms. The van der Waals surface area contributed by atoms with Crippen LogP contribution in [0.5, 0.6) is 0 Å². The maximum Gasteiger partial charge on any atom is 0.246 e. The fourth-order valence-corrected chi connectivity index (χ4v) is 2.82. The summed E-state index contributed by atoms with van der Waals surface area (Å²) in [6.45, 7) is 3.44. The Hall–Kier alpha value is -2.53. The highest BCUT2D eigenvalue weighted by Gasteiger charge is 2.22. The number of aromatic nitrogens is 4. The Bertz CT molecular complexity index is 742. The SMILES string of the molecule is Cc1nc(NC2CCN(c3n[nH]c(N)n3)CC2)c(Cl)cc1C#N. The molecule has 0 spiro atoms. The van der Waals surface area contributed by atoms with Crippen molar-refractivity contribution in [3.8, 4) is 6.07 Å². The average Bonchev–Trinajstić information content (AvgIpc) is 2.98. The van der Waals surface area contributed by atoms with Crippen LogP contribution in [0.25, 0.3) is 0 Å². The third-order valence-electron chi connectivity index (χ3n) is 3.90. The van der Waals surface area contributed by atoms with Gasteiger partial charge in [-0.25, -0.2) is 10.1 Å². The fourth-order valence-electron chi connectivity index (χ4n) is 2.62. The molecule has 3 rings (SSSR count). The number of nitrogens with one attached hydrogen (secondary N) is 2. The van der Waals surface area contributed by atoms with Gasteiger partial charge >= 0.3 is 0 Å². The number of nitriles is 1. The maximum absolute atomic E-state index is 9.00. The Balaban J connectivity index is 1.63. The highest BCUT2D eigenvalue weighted by molar-refractivity contribution is 6.33. The van der Waals surface area contributed by atoms with Gasteiger partial charge in [0, 0.05) is 19.1 Å². The highest BCUT2D eigenvalue weighted by Crippen LogP contribution is 2.25. The summed E-state index contributed by atoms with van der Waals surface area (Å²) in [4.78, 5) is 10.6. The van der Waals surface area contributed by atoms with Crippen molar-refractivity contribution < 1.29 is 0 Å². The minimum Gasteiger partial charge on any atom is -0.368 e. The summed E-state index contributed by atoms with van der Waals surface area (Å²) in [5.74, 6) is 1.58. The molecule has 8 nitrogen and oxygen atoms in total. The van der Waals surface area contributed by atoms with E-state index in [0.29, 0.717) is 34.0 Å². The molecule has 1 aliphatic heterocycles. The lowest BCUT2D eigenvalue weighted by atomic mass is 10.1. The number of nitrogens with zero attached hydrogens (tertiary/aromatic N) is 5. The number of aryl methyl sites for hydroxylation is 1. The quantitative estimate of drug-likeness (QED) is 0.782. The molecule has 0 amide bonds. The third-order valence-corrected chi connectivity index (χ3v) is 4.18. The topological polar surface area (TPSA) is 120 Å². The Morgan fingerprint density at radius 2 is 2.17 bits per heavy atom. The van der Waals surface area contributed by atoms with Crippen LogP contribution in [0.4, 0.5) is 17.7 Å². The summed E-state index contributed by atoms with van der Waals surface area (Å²) in [7, 11) is 0. The van der Waals surface area contributed by atoms with E-state index in [-0.39, 0.29) is 6.04 Å². The summed E-state index contributed by atoms with van der Waals surface area (Å²) in [5, 5.41) is 19.6. The van der Waals surface area contributed by atoms with E-state index in [1.165, 1.54) is 0 Å². The smallest absolute Gasteiger partial charge is 0.246 e. The van der Waals surface area contributed by atoms with Gasteiger partial charge in [-0.3, -0.25) is 0 Å². The lowest BCUT2D eigenvalue weighted by Crippen LogP contribution is -2.39. The van der Waals surface area contributed by atoms with E-state index in [4.69, 9.17) is 22.6 Å². The molecule has 0 bridgehead atoms. The first-order valence-electron chi connectivity index (χ1n) is 7.33. The van der Waals surface area contributed by atoms with Crippen LogP contribution in [0.1, 0.15) is 24.1 Å². The number of piperidine rings is 1. The lowest BCUT2D eigenvalue weighted by Gasteiger charge is -2.32. The predicted molar refractivity (Wildman–Crippen MR) is 88.4 cm³/mol. The summed E-state index contributed by atoms with van der Waals surface area (Å²) in [6, 6.07) is 4.00. The molecule has 2 aromatic rings. The molecule has 4 N–H and O–H groups in total. The number of nitrogen functional groups attached to an aromatic ring is 1. The van der Waals surface area contributed by atoms with Crippen LogP contribution in [-0.2, 0) is 0 Å². The second-order valence-electron chi connectivity index (χ2n) is 5.49. The lowest BCUT2D eigenvalue weighted by molar-refractivity contribution is 0.519. The van der Waals surface area contributed by atoms with Gasteiger partial charge in [-0.1, -0.05) is 11.6 Å². The molecule has 120 valence electrons. The van der Waals surface area contributed by atoms with Crippen molar-refractivity contribution in [3.63, 3.8) is 0 Å². The van der Waals surface area contributed by atoms with Crippen molar-refractivity contribution in [3.05, 3.63) is 22.3 Å². The van der Waals surface area contributed by atoms with Crippen LogP contribution >= 0.6 is 11.6 Å². The van der Waals surface area contributed by atoms with E-state index < -0.39 is 0 Å². The first-order chi connectivity index (χ1) is 11.1. The van der Waals surface area contributed by atoms with Crippen LogP contribution in [0.2, 0.25) is 5.02 Å². The Labute approximate surface area is 138 Å². The summed E-state index contributed by atoms with van der Waals surface area (Å²) < 4.78 is 0. The number of rotatable bonds is 3. The largest absolute Gasteiger partial charge is 0.368 e. The van der Waals surface area contributed by atoms with Crippen LogP contribution < -0.4 is 16.0 Å². The highest BCUT2D eigenvalue weighted by atomic mass is 35.5. The zero-order valence-corrected chi connectivity index (χ0v) is 13.4. The van der Waals surface area contributed by atoms with E-state index in [1.54, 1.807) is 13.0 Å². The Morgan fingerprint density at radius 3 is 2.78 bits per heavy atom. The van der Waals surface area contributed by atoms with Crippen molar-refractivity contribution in [1.82, 2.24) is 20.2 Å². The second-order valence-corrected chi connectivity index (χ2v) is 5.90. The monoisotopic (exact) mass is 332 g/mol. The Morgan fingerprint density at radius 1 is 1.43 bits per heavy atom. The molecule has 2 aromatic heterocycles. The molecule has 0 unspecified atom stereocenters. The van der Waals surface area contributed by atoms with Gasteiger partial charge in [0.25, 0.3) is 0 Å². The number of hydrogen-bond donors (Lipinski definition) is 3. The van der Waals surface area contributed by atoms with Crippen LogP contribution in [-0.4, -0.2) is 39.3 Å². The number of anilines is 3. The van der Waals surface area contributed by atoms with Crippen molar-refractivity contribution in [1.29, 1.82) is 5.26 Å². The van der Waals surface area contributed by atoms with E-state index in [2.05, 4.69) is 36.5 Å². The van der Waals surface area contributed by atoms with Crippen molar-refractivity contribution in [2.24, 2.45) is 0 Å². The van der Waals surface area contributed by atoms with Gasteiger partial charge in [-0.05, 0) is 25.8 Å². The summed E-state index contributed by atoms with van der Waals surface area (Å²) >= 11 is 6.20. The molecule has 0 atom stereocenters. The second kappa shape index (κ2) is 6.30. The van der Waals surface area contributed by atoms with E-state index in [1.807, 2.05) is 0 Å². The molecule has 0 radical (unpaired) electrons. The minimum atomic E-state index is 0.264. The van der Waals surface area contributed by atoms with E-state index >= 15 is 0 Å². The maximum atomic E-state index is 9.00. The van der Waals surface area contributed by atoms with Crippen LogP contribution in [0.3, 0.4) is 0 Å². The molecular weight excluding hydrogens is 316 g/mol. The molecule has 3 heterocycles. The predicted octanol–water partition coefficient (Wildman–Crippen LogP) is 1.70. The van der Waals surface area contributed by atoms with Crippen LogP contribution in [0.15, 0.2) is 6.07 Å². The first kappa shape index (κ1) is 15.4. The van der Waals surface area contributed by atoms with Crippen molar-refractivity contribution in [2.75, 3.05) is 29.0 Å². The molecule has 9 heteroatoms. The normalized spacial score (nSPS) is 15.4. The van der Waals surface area contributed by atoms with Gasteiger partial charge in [0.2, 0.25) is 11.9 Å². The molecular formula is C14H17ClN8. The molecule has 1 aliphatic rings. The number of halogens is 1. The summed E-state index contributed by atoms with van der Waals surface area (Å²) in [5.41, 5.74) is 6.73. The zero-order valence-electron chi connectivity index (χ0n) is 12.7. The molecule has 1 fully saturated rings. The Kier molecular flexibility index (Phi) is 4.21. The fraction of sp³-hybridized carbons (Fsp3) is 0.429. The van der Waals surface area contributed by atoms with Gasteiger partial charge in [0.15, 0.2) is 0 Å². The number of hydrogen-bond acceptors (Lipinski definition) is 7. The number of H-pyrrole nitrogens is 1. The van der Waals surface area contributed by atoms with Gasteiger partial charge in [-0.2, -0.15) is 10.2 Å². The molecule has 0 aliphatic carbocycles. The van der Waals surface area contributed by atoms with E-state index in [0.717, 1.165) is 25.9 Å². The molecule has 1 saturated heterocycles. The average molecular weight is 333 g/mol. The summed E-state index contributed by atoms with van der Waals surface area (Å²) in [6.07, 6.45) is 1.82. The minimum absolute atomic E-state index is 0.264. The standard InChI is InChI=1S/C14H17ClN8/c1-8-9(7-16)6-11(15)12(18-8)19-10-2-4-23(5-3-10)14-20-13(17)21-22-14/h6,10H,2-5H2,1H3,(H,18,19)(H3,17,20,21,22). The number of pyridine rings is 1. The molecule has 0 saturated carbocycles. The molecule has 0 aromatic carbocycles. The number of nitrogens with two attached hydrogens (primary N) is 1. The van der Waals surface area contributed by atoms with Gasteiger partial charge in [0.05, 0.1) is 16.3 Å². The first-order valence-corrected chi connectivity index (χ1v) is 7.71. The van der Waals surface area contributed by atoms with Gasteiger partial charge < -0.3 is 16.0 Å². The van der Waals surface area contributed by atoms with E-state index in [9.17, 15) is 0 Å². The van der Waals surface area contributed by atoms with Crippen LogP contribution in [0, 0.1) is 18.3 Å². The van der Waals surface area contributed by atoms with Crippen molar-refractivity contribution in [2.45, 2.75) is 25.8 Å². The third kappa shape index (κ3) is 3.29. The van der Waals surface area contributed by atoms with Crippen molar-refractivity contribution >= 4 is 29.3 Å². The zero-order chi connectivity index (χ0) is 16.4. The van der Waals surface area contributed by atoms with Gasteiger partial charge in [-0.15, -0.1) is 5.10 Å². The van der Waals surface area contributed by atoms with Gasteiger partial charge in [0.1, 0.15) is 11.9 Å².